The van der Waals surface area contributed by atoms with E-state index in [4.69, 9.17) is 5.26 Å². The van der Waals surface area contributed by atoms with E-state index in [1.807, 2.05) is 0 Å². The molecule has 80 valence electrons. The highest BCUT2D eigenvalue weighted by Crippen LogP contribution is 2.24. The standard InChI is InChI=1S/C14H19N/c1-10(2)14-11(3)8-13(6-5-7-15)9-12(14)4/h8-10H,5-6H2,1-4H3. The van der Waals surface area contributed by atoms with Crippen LogP contribution < -0.4 is 0 Å². The number of hydrogen-bond donors (Lipinski definition) is 0. The Kier molecular flexibility index (Phi) is 3.91. The minimum atomic E-state index is 0.579. The van der Waals surface area contributed by atoms with E-state index in [0.717, 1.165) is 6.42 Å². The van der Waals surface area contributed by atoms with Crippen LogP contribution in [0.25, 0.3) is 0 Å². The van der Waals surface area contributed by atoms with E-state index in [0.29, 0.717) is 12.3 Å². The summed E-state index contributed by atoms with van der Waals surface area (Å²) in [6, 6.07) is 6.64. The second-order valence-electron chi connectivity index (χ2n) is 4.46. The zero-order chi connectivity index (χ0) is 11.4. The predicted molar refractivity (Wildman–Crippen MR) is 63.9 cm³/mol. The third kappa shape index (κ3) is 2.83. The van der Waals surface area contributed by atoms with Crippen LogP contribution in [0.15, 0.2) is 12.1 Å². The van der Waals surface area contributed by atoms with Crippen molar-refractivity contribution in [3.8, 4) is 6.07 Å². The number of aryl methyl sites for hydroxylation is 3. The summed E-state index contributed by atoms with van der Waals surface area (Å²) < 4.78 is 0. The molecule has 0 fully saturated rings. The number of rotatable bonds is 3. The van der Waals surface area contributed by atoms with Gasteiger partial charge in [-0.3, -0.25) is 0 Å². The van der Waals surface area contributed by atoms with Crippen LogP contribution in [0.1, 0.15) is 48.4 Å². The minimum absolute atomic E-state index is 0.579. The largest absolute Gasteiger partial charge is 0.198 e. The smallest absolute Gasteiger partial charge is 0.0625 e. The molecule has 1 nitrogen and oxygen atoms in total. The van der Waals surface area contributed by atoms with Crippen LogP contribution in [0.2, 0.25) is 0 Å². The molecular weight excluding hydrogens is 182 g/mol. The average Bonchev–Trinajstić information content (AvgIpc) is 2.12. The molecule has 0 aliphatic rings. The van der Waals surface area contributed by atoms with Gasteiger partial charge in [-0.25, -0.2) is 0 Å². The van der Waals surface area contributed by atoms with E-state index in [2.05, 4.69) is 45.9 Å². The number of nitriles is 1. The molecule has 1 heteroatoms. The van der Waals surface area contributed by atoms with Gasteiger partial charge in [-0.15, -0.1) is 0 Å². The Morgan fingerprint density at radius 2 is 1.73 bits per heavy atom. The van der Waals surface area contributed by atoms with Crippen molar-refractivity contribution in [2.45, 2.75) is 46.5 Å². The molecule has 0 atom stereocenters. The fourth-order valence-electron chi connectivity index (χ4n) is 2.32. The first-order chi connectivity index (χ1) is 7.06. The van der Waals surface area contributed by atoms with Crippen molar-refractivity contribution in [3.63, 3.8) is 0 Å². The maximum Gasteiger partial charge on any atom is 0.0625 e. The first-order valence-electron chi connectivity index (χ1n) is 5.53. The van der Waals surface area contributed by atoms with Crippen LogP contribution in [0.3, 0.4) is 0 Å². The zero-order valence-corrected chi connectivity index (χ0v) is 10.1. The Hall–Kier alpha value is -1.29. The highest BCUT2D eigenvalue weighted by atomic mass is 14.2. The molecule has 0 bridgehead atoms. The molecular formula is C14H19N. The van der Waals surface area contributed by atoms with Crippen molar-refractivity contribution in [1.82, 2.24) is 0 Å². The molecule has 0 aliphatic carbocycles. The van der Waals surface area contributed by atoms with Gasteiger partial charge in [0.15, 0.2) is 0 Å². The number of nitrogens with zero attached hydrogens (tertiary/aromatic N) is 1. The third-order valence-electron chi connectivity index (χ3n) is 2.76. The van der Waals surface area contributed by atoms with Crippen molar-refractivity contribution in [3.05, 3.63) is 34.4 Å². The van der Waals surface area contributed by atoms with Gasteiger partial charge < -0.3 is 0 Å². The van der Waals surface area contributed by atoms with E-state index >= 15 is 0 Å². The topological polar surface area (TPSA) is 23.8 Å². The minimum Gasteiger partial charge on any atom is -0.198 e. The fourth-order valence-corrected chi connectivity index (χ4v) is 2.32. The van der Waals surface area contributed by atoms with Crippen molar-refractivity contribution in [2.75, 3.05) is 0 Å². The van der Waals surface area contributed by atoms with Gasteiger partial charge in [-0.1, -0.05) is 26.0 Å². The molecule has 0 spiro atoms. The molecule has 0 radical (unpaired) electrons. The van der Waals surface area contributed by atoms with Crippen LogP contribution in [-0.4, -0.2) is 0 Å². The molecule has 0 N–H and O–H groups in total. The Morgan fingerprint density at radius 1 is 1.20 bits per heavy atom. The van der Waals surface area contributed by atoms with Gasteiger partial charge in [-0.2, -0.15) is 5.26 Å². The van der Waals surface area contributed by atoms with Crippen LogP contribution in [-0.2, 0) is 6.42 Å². The quantitative estimate of drug-likeness (QED) is 0.728. The van der Waals surface area contributed by atoms with Gasteiger partial charge in [0.25, 0.3) is 0 Å². The summed E-state index contributed by atoms with van der Waals surface area (Å²) in [5.41, 5.74) is 5.46. The lowest BCUT2D eigenvalue weighted by Gasteiger charge is -2.15. The van der Waals surface area contributed by atoms with Crippen molar-refractivity contribution >= 4 is 0 Å². The SMILES string of the molecule is Cc1cc(CCC#N)cc(C)c1C(C)C. The molecule has 0 saturated heterocycles. The first kappa shape index (κ1) is 11.8. The molecule has 0 heterocycles. The second-order valence-corrected chi connectivity index (χ2v) is 4.46. The van der Waals surface area contributed by atoms with E-state index < -0.39 is 0 Å². The highest BCUT2D eigenvalue weighted by Gasteiger charge is 2.08. The molecule has 1 aromatic rings. The lowest BCUT2D eigenvalue weighted by atomic mass is 9.90. The Bertz CT molecular complexity index is 360. The lowest BCUT2D eigenvalue weighted by Crippen LogP contribution is -1.98. The molecule has 1 aromatic carbocycles. The molecule has 15 heavy (non-hydrogen) atoms. The Labute approximate surface area is 92.7 Å². The molecule has 0 unspecified atom stereocenters. The van der Waals surface area contributed by atoms with Gasteiger partial charge in [0.05, 0.1) is 6.07 Å². The highest BCUT2D eigenvalue weighted by molar-refractivity contribution is 5.40. The van der Waals surface area contributed by atoms with Crippen molar-refractivity contribution in [2.24, 2.45) is 0 Å². The number of benzene rings is 1. The van der Waals surface area contributed by atoms with Gasteiger partial charge in [0.1, 0.15) is 0 Å². The van der Waals surface area contributed by atoms with Crippen LogP contribution >= 0.6 is 0 Å². The third-order valence-corrected chi connectivity index (χ3v) is 2.76. The van der Waals surface area contributed by atoms with E-state index in [-0.39, 0.29) is 0 Å². The Morgan fingerprint density at radius 3 is 2.13 bits per heavy atom. The molecule has 0 saturated carbocycles. The van der Waals surface area contributed by atoms with E-state index in [1.54, 1.807) is 0 Å². The van der Waals surface area contributed by atoms with Crippen LogP contribution in [0, 0.1) is 25.2 Å². The summed E-state index contributed by atoms with van der Waals surface area (Å²) in [6.45, 7) is 8.78. The van der Waals surface area contributed by atoms with E-state index in [9.17, 15) is 0 Å². The summed E-state index contributed by atoms with van der Waals surface area (Å²) in [6.07, 6.45) is 1.48. The van der Waals surface area contributed by atoms with Gasteiger partial charge in [-0.05, 0) is 48.4 Å². The first-order valence-corrected chi connectivity index (χ1v) is 5.53. The molecule has 0 aliphatic heterocycles. The lowest BCUT2D eigenvalue weighted by molar-refractivity contribution is 0.842. The summed E-state index contributed by atoms with van der Waals surface area (Å²) in [4.78, 5) is 0. The molecule has 0 amide bonds. The summed E-state index contributed by atoms with van der Waals surface area (Å²) >= 11 is 0. The zero-order valence-electron chi connectivity index (χ0n) is 10.1. The second kappa shape index (κ2) is 4.98. The maximum atomic E-state index is 8.56. The van der Waals surface area contributed by atoms with Crippen LogP contribution in [0.5, 0.6) is 0 Å². The summed E-state index contributed by atoms with van der Waals surface area (Å²) in [5.74, 6) is 0.579. The fraction of sp³-hybridized carbons (Fsp3) is 0.500. The maximum absolute atomic E-state index is 8.56. The molecule has 0 aromatic heterocycles. The normalized spacial score (nSPS) is 10.4. The van der Waals surface area contributed by atoms with Crippen molar-refractivity contribution in [1.29, 1.82) is 5.26 Å². The van der Waals surface area contributed by atoms with Gasteiger partial charge >= 0.3 is 0 Å². The summed E-state index contributed by atoms with van der Waals surface area (Å²) in [5, 5.41) is 8.56. The number of hydrogen-bond acceptors (Lipinski definition) is 1. The van der Waals surface area contributed by atoms with E-state index in [1.165, 1.54) is 22.3 Å². The van der Waals surface area contributed by atoms with Crippen LogP contribution in [0.4, 0.5) is 0 Å². The van der Waals surface area contributed by atoms with Gasteiger partial charge in [0, 0.05) is 6.42 Å². The Balaban J connectivity index is 3.04. The average molecular weight is 201 g/mol. The monoisotopic (exact) mass is 201 g/mol. The van der Waals surface area contributed by atoms with Gasteiger partial charge in [0.2, 0.25) is 0 Å². The van der Waals surface area contributed by atoms with Crippen molar-refractivity contribution < 1.29 is 0 Å². The molecule has 1 rings (SSSR count). The summed E-state index contributed by atoms with van der Waals surface area (Å²) in [7, 11) is 0. The predicted octanol–water partition coefficient (Wildman–Crippen LogP) is 3.88.